The molecule has 52 valence electrons. The van der Waals surface area contributed by atoms with E-state index in [1.807, 2.05) is 6.92 Å². The van der Waals surface area contributed by atoms with E-state index in [0.29, 0.717) is 12.3 Å². The molecule has 0 aromatic carbocycles. The fourth-order valence-electron chi connectivity index (χ4n) is 0.733. The molecule has 3 heteroatoms. The molecule has 0 saturated carbocycles. The van der Waals surface area contributed by atoms with Gasteiger partial charge in [-0.25, -0.2) is 0 Å². The van der Waals surface area contributed by atoms with Gasteiger partial charge in [-0.2, -0.15) is 0 Å². The number of rotatable bonds is 2. The van der Waals surface area contributed by atoms with Crippen LogP contribution in [-0.2, 0) is 0 Å². The highest BCUT2D eigenvalue weighted by atomic mass is 15.3. The zero-order valence-electron chi connectivity index (χ0n) is 5.83. The van der Waals surface area contributed by atoms with E-state index in [-0.39, 0.29) is 0 Å². The van der Waals surface area contributed by atoms with Gasteiger partial charge in [-0.1, -0.05) is 12.1 Å². The van der Waals surface area contributed by atoms with Crippen molar-refractivity contribution in [3.05, 3.63) is 11.9 Å². The Morgan fingerprint density at radius 3 is 3.20 bits per heavy atom. The van der Waals surface area contributed by atoms with Gasteiger partial charge in [0.2, 0.25) is 0 Å². The molecule has 0 amide bonds. The summed E-state index contributed by atoms with van der Waals surface area (Å²) in [7, 11) is 0. The molecule has 1 aromatic rings. The number of aromatic amines is 1. The van der Waals surface area contributed by atoms with Crippen molar-refractivity contribution in [3.63, 3.8) is 0 Å². The van der Waals surface area contributed by atoms with Crippen LogP contribution in [0.5, 0.6) is 0 Å². The van der Waals surface area contributed by atoms with Crippen molar-refractivity contribution in [2.24, 2.45) is 0 Å². The fraction of sp³-hybridized carbons (Fsp3) is 0.429. The Labute approximate surface area is 59.8 Å². The van der Waals surface area contributed by atoms with Gasteiger partial charge in [0, 0.05) is 18.5 Å². The molecule has 0 unspecified atom stereocenters. The van der Waals surface area contributed by atoms with Crippen molar-refractivity contribution in [1.82, 2.24) is 15.4 Å². The number of hydrogen-bond donors (Lipinski definition) is 1. The number of H-pyrrole nitrogens is 1. The zero-order valence-corrected chi connectivity index (χ0v) is 5.83. The van der Waals surface area contributed by atoms with Gasteiger partial charge in [0.1, 0.15) is 0 Å². The van der Waals surface area contributed by atoms with E-state index in [9.17, 15) is 0 Å². The van der Waals surface area contributed by atoms with Gasteiger partial charge in [0.05, 0.1) is 5.69 Å². The van der Waals surface area contributed by atoms with Crippen LogP contribution in [0.3, 0.4) is 0 Å². The molecule has 1 rings (SSSR count). The minimum absolute atomic E-state index is 0.309. The van der Waals surface area contributed by atoms with Crippen LogP contribution < -0.4 is 0 Å². The van der Waals surface area contributed by atoms with E-state index in [0.717, 1.165) is 5.69 Å². The van der Waals surface area contributed by atoms with E-state index in [1.165, 1.54) is 0 Å². The molecule has 0 aliphatic heterocycles. The standard InChI is InChI=1S/C7H9N3/c1-3-4-6(2)7-5-8-10-9-7/h1,5-6H,4H2,2H3,(H,8,9,10)/t6-/m0/s1. The molecule has 0 aliphatic rings. The quantitative estimate of drug-likeness (QED) is 0.613. The molecular weight excluding hydrogens is 126 g/mol. The largest absolute Gasteiger partial charge is 0.265 e. The molecule has 1 atom stereocenters. The molecule has 0 fully saturated rings. The van der Waals surface area contributed by atoms with Gasteiger partial charge < -0.3 is 0 Å². The zero-order chi connectivity index (χ0) is 7.40. The summed E-state index contributed by atoms with van der Waals surface area (Å²) in [6.45, 7) is 2.03. The Hall–Kier alpha value is -1.30. The lowest BCUT2D eigenvalue weighted by atomic mass is 10.1. The first-order valence-electron chi connectivity index (χ1n) is 3.14. The molecule has 3 nitrogen and oxygen atoms in total. The smallest absolute Gasteiger partial charge is 0.0862 e. The van der Waals surface area contributed by atoms with Gasteiger partial charge in [0.15, 0.2) is 0 Å². The average Bonchev–Trinajstić information content (AvgIpc) is 2.38. The summed E-state index contributed by atoms with van der Waals surface area (Å²) in [5.74, 6) is 2.88. The second kappa shape index (κ2) is 3.02. The SMILES string of the molecule is C#CC[C@H](C)c1c[nH]nn1. The number of nitrogens with zero attached hydrogens (tertiary/aromatic N) is 2. The number of nitrogens with one attached hydrogen (secondary N) is 1. The highest BCUT2D eigenvalue weighted by Gasteiger charge is 2.04. The highest BCUT2D eigenvalue weighted by molar-refractivity contribution is 5.03. The van der Waals surface area contributed by atoms with E-state index in [2.05, 4.69) is 21.3 Å². The third-order valence-electron chi connectivity index (χ3n) is 1.36. The third-order valence-corrected chi connectivity index (χ3v) is 1.36. The van der Waals surface area contributed by atoms with Gasteiger partial charge in [-0.3, -0.25) is 5.10 Å². The topological polar surface area (TPSA) is 41.6 Å². The molecular formula is C7H9N3. The minimum atomic E-state index is 0.309. The maximum atomic E-state index is 5.13. The van der Waals surface area contributed by atoms with E-state index in [1.54, 1.807) is 6.20 Å². The Bertz CT molecular complexity index is 219. The van der Waals surface area contributed by atoms with Crippen LogP contribution >= 0.6 is 0 Å². The Kier molecular flexibility index (Phi) is 2.06. The molecule has 0 spiro atoms. The lowest BCUT2D eigenvalue weighted by Gasteiger charge is -1.99. The van der Waals surface area contributed by atoms with Crippen molar-refractivity contribution in [3.8, 4) is 12.3 Å². The van der Waals surface area contributed by atoms with Crippen molar-refractivity contribution < 1.29 is 0 Å². The number of terminal acetylenes is 1. The molecule has 0 radical (unpaired) electrons. The Balaban J connectivity index is 2.61. The Morgan fingerprint density at radius 1 is 1.90 bits per heavy atom. The predicted molar refractivity (Wildman–Crippen MR) is 38.2 cm³/mol. The summed E-state index contributed by atoms with van der Waals surface area (Å²) in [5, 5.41) is 10.1. The number of hydrogen-bond acceptors (Lipinski definition) is 2. The first kappa shape index (κ1) is 6.81. The maximum Gasteiger partial charge on any atom is 0.0862 e. The van der Waals surface area contributed by atoms with Crippen LogP contribution in [0.4, 0.5) is 0 Å². The van der Waals surface area contributed by atoms with Gasteiger partial charge in [-0.05, 0) is 0 Å². The molecule has 1 N–H and O–H groups in total. The van der Waals surface area contributed by atoms with Crippen LogP contribution in [0.2, 0.25) is 0 Å². The first-order chi connectivity index (χ1) is 4.84. The summed E-state index contributed by atoms with van der Waals surface area (Å²) < 4.78 is 0. The summed E-state index contributed by atoms with van der Waals surface area (Å²) in [6.07, 6.45) is 7.61. The Morgan fingerprint density at radius 2 is 2.70 bits per heavy atom. The summed E-state index contributed by atoms with van der Waals surface area (Å²) in [4.78, 5) is 0. The third kappa shape index (κ3) is 1.35. The van der Waals surface area contributed by atoms with Crippen molar-refractivity contribution in [2.75, 3.05) is 0 Å². The summed E-state index contributed by atoms with van der Waals surface area (Å²) in [5.41, 5.74) is 0.929. The van der Waals surface area contributed by atoms with E-state index in [4.69, 9.17) is 6.42 Å². The second-order valence-electron chi connectivity index (χ2n) is 2.21. The molecule has 1 heterocycles. The molecule has 0 saturated heterocycles. The predicted octanol–water partition coefficient (Wildman–Crippen LogP) is 0.931. The van der Waals surface area contributed by atoms with Crippen LogP contribution in [0.1, 0.15) is 25.0 Å². The molecule has 10 heavy (non-hydrogen) atoms. The molecule has 0 aliphatic carbocycles. The summed E-state index contributed by atoms with van der Waals surface area (Å²) >= 11 is 0. The van der Waals surface area contributed by atoms with Crippen molar-refractivity contribution in [1.29, 1.82) is 0 Å². The highest BCUT2D eigenvalue weighted by Crippen LogP contribution is 2.12. The van der Waals surface area contributed by atoms with Crippen LogP contribution in [0.25, 0.3) is 0 Å². The summed E-state index contributed by atoms with van der Waals surface area (Å²) in [6, 6.07) is 0. The van der Waals surface area contributed by atoms with Crippen LogP contribution in [0, 0.1) is 12.3 Å². The van der Waals surface area contributed by atoms with Crippen LogP contribution in [0.15, 0.2) is 6.20 Å². The fourth-order valence-corrected chi connectivity index (χ4v) is 0.733. The van der Waals surface area contributed by atoms with Gasteiger partial charge >= 0.3 is 0 Å². The average molecular weight is 135 g/mol. The van der Waals surface area contributed by atoms with Crippen molar-refractivity contribution >= 4 is 0 Å². The van der Waals surface area contributed by atoms with Crippen molar-refractivity contribution in [2.45, 2.75) is 19.3 Å². The first-order valence-corrected chi connectivity index (χ1v) is 3.14. The lowest BCUT2D eigenvalue weighted by Crippen LogP contribution is -1.91. The molecule has 0 bridgehead atoms. The second-order valence-corrected chi connectivity index (χ2v) is 2.21. The van der Waals surface area contributed by atoms with E-state index < -0.39 is 0 Å². The monoisotopic (exact) mass is 135 g/mol. The maximum absolute atomic E-state index is 5.13. The number of aromatic nitrogens is 3. The van der Waals surface area contributed by atoms with Crippen LogP contribution in [-0.4, -0.2) is 15.4 Å². The lowest BCUT2D eigenvalue weighted by molar-refractivity contribution is 0.753. The van der Waals surface area contributed by atoms with Gasteiger partial charge in [0.25, 0.3) is 0 Å². The van der Waals surface area contributed by atoms with E-state index >= 15 is 0 Å². The molecule has 1 aromatic heterocycles. The minimum Gasteiger partial charge on any atom is -0.265 e. The normalized spacial score (nSPS) is 12.4. The van der Waals surface area contributed by atoms with Gasteiger partial charge in [-0.15, -0.1) is 17.4 Å².